The quantitative estimate of drug-likeness (QED) is 0.869. The lowest BCUT2D eigenvalue weighted by atomic mass is 9.89. The predicted molar refractivity (Wildman–Crippen MR) is 77.3 cm³/mol. The Balaban J connectivity index is 1.82. The fourth-order valence-corrected chi connectivity index (χ4v) is 3.17. The highest BCUT2D eigenvalue weighted by Crippen LogP contribution is 2.29. The molecule has 0 bridgehead atoms. The van der Waals surface area contributed by atoms with Gasteiger partial charge in [-0.15, -0.1) is 0 Å². The average molecular weight is 274 g/mol. The van der Waals surface area contributed by atoms with Gasteiger partial charge in [-0.2, -0.15) is 0 Å². The van der Waals surface area contributed by atoms with E-state index in [0.717, 1.165) is 31.4 Å². The van der Waals surface area contributed by atoms with E-state index in [9.17, 15) is 9.90 Å². The fraction of sp³-hybridized carbons (Fsp3) is 0.562. The van der Waals surface area contributed by atoms with E-state index in [1.165, 1.54) is 12.0 Å². The second kappa shape index (κ2) is 5.94. The molecule has 1 fully saturated rings. The van der Waals surface area contributed by atoms with Gasteiger partial charge in [0.25, 0.3) is 0 Å². The van der Waals surface area contributed by atoms with Crippen LogP contribution in [0.1, 0.15) is 36.4 Å². The molecule has 0 aromatic heterocycles. The number of aliphatic hydroxyl groups is 1. The Bertz CT molecular complexity index is 485. The van der Waals surface area contributed by atoms with E-state index in [2.05, 4.69) is 11.4 Å². The molecule has 20 heavy (non-hydrogen) atoms. The summed E-state index contributed by atoms with van der Waals surface area (Å²) in [6.07, 6.45) is 4.30. The summed E-state index contributed by atoms with van der Waals surface area (Å²) >= 11 is 0. The molecule has 4 nitrogen and oxygen atoms in total. The minimum absolute atomic E-state index is 0.0383. The van der Waals surface area contributed by atoms with Crippen molar-refractivity contribution in [3.05, 3.63) is 35.4 Å². The van der Waals surface area contributed by atoms with E-state index >= 15 is 0 Å². The van der Waals surface area contributed by atoms with Crippen LogP contribution >= 0.6 is 0 Å². The van der Waals surface area contributed by atoms with Gasteiger partial charge in [0, 0.05) is 19.1 Å². The van der Waals surface area contributed by atoms with Gasteiger partial charge in [-0.25, -0.2) is 0 Å². The summed E-state index contributed by atoms with van der Waals surface area (Å²) in [4.78, 5) is 14.7. The Kier molecular flexibility index (Phi) is 4.03. The first kappa shape index (κ1) is 13.6. The Morgan fingerprint density at radius 3 is 2.85 bits per heavy atom. The molecule has 108 valence electrons. The second-order valence-corrected chi connectivity index (χ2v) is 5.68. The smallest absolute Gasteiger partial charge is 0.244 e. The summed E-state index contributed by atoms with van der Waals surface area (Å²) < 4.78 is 0. The van der Waals surface area contributed by atoms with Crippen molar-refractivity contribution in [2.45, 2.75) is 37.8 Å². The molecule has 1 aromatic carbocycles. The van der Waals surface area contributed by atoms with Crippen LogP contribution in [-0.2, 0) is 11.2 Å². The third kappa shape index (κ3) is 2.45. The highest BCUT2D eigenvalue weighted by atomic mass is 16.3. The third-order valence-electron chi connectivity index (χ3n) is 4.50. The maximum absolute atomic E-state index is 12.8. The molecular weight excluding hydrogens is 252 g/mol. The molecule has 0 radical (unpaired) electrons. The zero-order valence-electron chi connectivity index (χ0n) is 11.7. The molecule has 1 aromatic rings. The van der Waals surface area contributed by atoms with Gasteiger partial charge in [-0.3, -0.25) is 4.79 Å². The van der Waals surface area contributed by atoms with Crippen molar-refractivity contribution in [2.24, 2.45) is 0 Å². The van der Waals surface area contributed by atoms with Crippen molar-refractivity contribution >= 4 is 5.91 Å². The lowest BCUT2D eigenvalue weighted by Gasteiger charge is -2.40. The van der Waals surface area contributed by atoms with Crippen LogP contribution in [0.15, 0.2) is 24.3 Å². The van der Waals surface area contributed by atoms with Crippen LogP contribution < -0.4 is 5.32 Å². The number of benzene rings is 1. The molecule has 2 aliphatic rings. The first-order valence-corrected chi connectivity index (χ1v) is 7.54. The number of hydrogen-bond acceptors (Lipinski definition) is 3. The number of nitrogens with one attached hydrogen (secondary N) is 1. The predicted octanol–water partition coefficient (Wildman–Crippen LogP) is 1.25. The largest absolute Gasteiger partial charge is 0.395 e. The minimum Gasteiger partial charge on any atom is -0.395 e. The van der Waals surface area contributed by atoms with Gasteiger partial charge in [0.05, 0.1) is 6.61 Å². The van der Waals surface area contributed by atoms with Gasteiger partial charge in [0.1, 0.15) is 6.04 Å². The van der Waals surface area contributed by atoms with Crippen LogP contribution in [0.2, 0.25) is 0 Å². The highest BCUT2D eigenvalue weighted by molar-refractivity contribution is 5.84. The minimum atomic E-state index is -0.243. The van der Waals surface area contributed by atoms with Crippen LogP contribution in [0, 0.1) is 0 Å². The van der Waals surface area contributed by atoms with Gasteiger partial charge < -0.3 is 15.3 Å². The lowest BCUT2D eigenvalue weighted by molar-refractivity contribution is -0.138. The molecule has 1 saturated carbocycles. The third-order valence-corrected chi connectivity index (χ3v) is 4.50. The summed E-state index contributed by atoms with van der Waals surface area (Å²) in [6.45, 7) is 1.32. The number of rotatable bonds is 4. The van der Waals surface area contributed by atoms with Gasteiger partial charge >= 0.3 is 0 Å². The zero-order chi connectivity index (χ0) is 13.9. The maximum Gasteiger partial charge on any atom is 0.244 e. The van der Waals surface area contributed by atoms with E-state index in [-0.39, 0.29) is 18.6 Å². The number of aliphatic hydroxyl groups excluding tert-OH is 1. The molecule has 4 heteroatoms. The number of fused-ring (bicyclic) bond motifs is 1. The summed E-state index contributed by atoms with van der Waals surface area (Å²) in [6, 6.07) is 8.25. The first-order valence-electron chi connectivity index (χ1n) is 7.54. The van der Waals surface area contributed by atoms with Crippen molar-refractivity contribution in [1.82, 2.24) is 10.2 Å². The Morgan fingerprint density at radius 2 is 2.15 bits per heavy atom. The van der Waals surface area contributed by atoms with Crippen LogP contribution in [0.3, 0.4) is 0 Å². The van der Waals surface area contributed by atoms with Gasteiger partial charge in [0.2, 0.25) is 5.91 Å². The maximum atomic E-state index is 12.8. The zero-order valence-corrected chi connectivity index (χ0v) is 11.7. The second-order valence-electron chi connectivity index (χ2n) is 5.68. The van der Waals surface area contributed by atoms with Crippen molar-refractivity contribution < 1.29 is 9.90 Å². The summed E-state index contributed by atoms with van der Waals surface area (Å²) in [5, 5.41) is 12.6. The molecule has 0 saturated heterocycles. The Labute approximate surface area is 119 Å². The standard InChI is InChI=1S/C16H22N2O2/c19-11-10-18(13-5-3-6-13)16(20)15-14-7-2-1-4-12(14)8-9-17-15/h1-2,4,7,13,15,17,19H,3,5-6,8-11H2. The van der Waals surface area contributed by atoms with Gasteiger partial charge in [-0.05, 0) is 36.8 Å². The molecule has 3 rings (SSSR count). The molecule has 1 unspecified atom stereocenters. The molecule has 1 atom stereocenters. The van der Waals surface area contributed by atoms with Crippen LogP contribution in [0.25, 0.3) is 0 Å². The molecule has 0 spiro atoms. The van der Waals surface area contributed by atoms with Crippen molar-refractivity contribution in [1.29, 1.82) is 0 Å². The van der Waals surface area contributed by atoms with Crippen LogP contribution in [0.5, 0.6) is 0 Å². The number of hydrogen-bond donors (Lipinski definition) is 2. The number of carbonyl (C=O) groups excluding carboxylic acids is 1. The first-order chi connectivity index (χ1) is 9.81. The highest BCUT2D eigenvalue weighted by Gasteiger charge is 2.34. The van der Waals surface area contributed by atoms with Crippen molar-refractivity contribution in [3.8, 4) is 0 Å². The van der Waals surface area contributed by atoms with E-state index in [4.69, 9.17) is 0 Å². The Hall–Kier alpha value is -1.39. The molecule has 1 aliphatic heterocycles. The molecule has 1 aliphatic carbocycles. The molecular formula is C16H22N2O2. The van der Waals surface area contributed by atoms with Crippen LogP contribution in [0.4, 0.5) is 0 Å². The van der Waals surface area contributed by atoms with Crippen molar-refractivity contribution in [2.75, 3.05) is 19.7 Å². The van der Waals surface area contributed by atoms with Crippen LogP contribution in [-0.4, -0.2) is 41.7 Å². The normalized spacial score (nSPS) is 21.9. The van der Waals surface area contributed by atoms with E-state index in [0.29, 0.717) is 12.6 Å². The average Bonchev–Trinajstić information content (AvgIpc) is 2.43. The SMILES string of the molecule is O=C(C1NCCc2ccccc21)N(CCO)C1CCC1. The molecule has 1 heterocycles. The number of nitrogens with zero attached hydrogens (tertiary/aromatic N) is 1. The molecule has 1 amide bonds. The molecule has 2 N–H and O–H groups in total. The van der Waals surface area contributed by atoms with E-state index < -0.39 is 0 Å². The fourth-order valence-electron chi connectivity index (χ4n) is 3.17. The monoisotopic (exact) mass is 274 g/mol. The van der Waals surface area contributed by atoms with Crippen molar-refractivity contribution in [3.63, 3.8) is 0 Å². The Morgan fingerprint density at radius 1 is 1.35 bits per heavy atom. The summed E-state index contributed by atoms with van der Waals surface area (Å²) in [5.41, 5.74) is 2.37. The summed E-state index contributed by atoms with van der Waals surface area (Å²) in [7, 11) is 0. The van der Waals surface area contributed by atoms with Gasteiger partial charge in [0.15, 0.2) is 0 Å². The number of amides is 1. The van der Waals surface area contributed by atoms with Gasteiger partial charge in [-0.1, -0.05) is 24.3 Å². The number of carbonyl (C=O) groups is 1. The summed E-state index contributed by atoms with van der Waals surface area (Å²) in [5.74, 6) is 0.121. The lowest BCUT2D eigenvalue weighted by Crippen LogP contribution is -2.51. The topological polar surface area (TPSA) is 52.6 Å². The van der Waals surface area contributed by atoms with E-state index in [1.807, 2.05) is 23.1 Å². The van der Waals surface area contributed by atoms with E-state index in [1.54, 1.807) is 0 Å².